The van der Waals surface area contributed by atoms with Crippen molar-refractivity contribution in [2.24, 2.45) is 5.84 Å². The van der Waals surface area contributed by atoms with Crippen LogP contribution in [0.1, 0.15) is 10.4 Å². The van der Waals surface area contributed by atoms with Crippen molar-refractivity contribution in [2.45, 2.75) is 0 Å². The molecule has 0 bridgehead atoms. The molecule has 0 radical (unpaired) electrons. The molecule has 2 aromatic rings. The second kappa shape index (κ2) is 5.82. The molecule has 0 spiro atoms. The highest BCUT2D eigenvalue weighted by Crippen LogP contribution is 2.33. The highest BCUT2D eigenvalue weighted by molar-refractivity contribution is 7.13. The van der Waals surface area contributed by atoms with Crippen molar-refractivity contribution in [3.05, 3.63) is 44.4 Å². The molecule has 1 heterocycles. The molecule has 0 atom stereocenters. The van der Waals surface area contributed by atoms with Gasteiger partial charge in [0.2, 0.25) is 0 Å². The van der Waals surface area contributed by atoms with Crippen LogP contribution >= 0.6 is 22.9 Å². The van der Waals surface area contributed by atoms with Crippen molar-refractivity contribution in [3.63, 3.8) is 0 Å². The number of nitrogens with two attached hydrogens (primary N) is 1. The number of carbonyl (C=O) groups is 1. The van der Waals surface area contributed by atoms with E-state index >= 15 is 0 Å². The van der Waals surface area contributed by atoms with Gasteiger partial charge in [-0.15, -0.1) is 11.3 Å². The third kappa shape index (κ3) is 2.85. The van der Waals surface area contributed by atoms with Gasteiger partial charge < -0.3 is 5.43 Å². The summed E-state index contributed by atoms with van der Waals surface area (Å²) in [6, 6.07) is 2.37. The van der Waals surface area contributed by atoms with Crippen molar-refractivity contribution in [3.8, 4) is 0 Å². The lowest BCUT2D eigenvalue weighted by molar-refractivity contribution is -0.384. The number of carbonyl (C=O) groups excluding carboxylic acids is 1. The first-order valence-electron chi connectivity index (χ1n) is 5.18. The average molecular weight is 314 g/mol. The fraction of sp³-hybridized carbons (Fsp3) is 0. The molecular weight excluding hydrogens is 306 g/mol. The third-order valence-corrected chi connectivity index (χ3v) is 3.31. The van der Waals surface area contributed by atoms with E-state index in [1.807, 2.05) is 0 Å². The van der Waals surface area contributed by atoms with Gasteiger partial charge in [0, 0.05) is 23.2 Å². The molecular formula is C10H8ClN5O3S. The van der Waals surface area contributed by atoms with Crippen LogP contribution in [0.25, 0.3) is 0 Å². The fourth-order valence-electron chi connectivity index (χ4n) is 1.46. The zero-order valence-electron chi connectivity index (χ0n) is 9.79. The number of aromatic nitrogens is 1. The Kier molecular flexibility index (Phi) is 4.13. The van der Waals surface area contributed by atoms with Gasteiger partial charge in [-0.1, -0.05) is 11.6 Å². The van der Waals surface area contributed by atoms with Crippen LogP contribution in [0.2, 0.25) is 5.02 Å². The maximum Gasteiger partial charge on any atom is 0.295 e. The van der Waals surface area contributed by atoms with E-state index in [0.717, 1.165) is 6.07 Å². The SMILES string of the molecule is NNc1c(Cl)cc(C(=O)Nc2nccs2)cc1[N+](=O)[O-]. The zero-order chi connectivity index (χ0) is 14.7. The summed E-state index contributed by atoms with van der Waals surface area (Å²) in [6.45, 7) is 0. The molecule has 104 valence electrons. The number of nitrogens with zero attached hydrogens (tertiary/aromatic N) is 2. The van der Waals surface area contributed by atoms with E-state index in [0.29, 0.717) is 5.13 Å². The number of benzene rings is 1. The van der Waals surface area contributed by atoms with Crippen LogP contribution in [-0.4, -0.2) is 15.8 Å². The molecule has 0 fully saturated rings. The smallest absolute Gasteiger partial charge is 0.295 e. The summed E-state index contributed by atoms with van der Waals surface area (Å²) in [6.07, 6.45) is 1.52. The number of amides is 1. The van der Waals surface area contributed by atoms with Crippen molar-refractivity contribution in [1.29, 1.82) is 0 Å². The Labute approximate surface area is 121 Å². The first kappa shape index (κ1) is 14.2. The largest absolute Gasteiger partial charge is 0.317 e. The highest BCUT2D eigenvalue weighted by Gasteiger charge is 2.21. The predicted molar refractivity (Wildman–Crippen MR) is 76.0 cm³/mol. The number of anilines is 2. The van der Waals surface area contributed by atoms with Gasteiger partial charge in [-0.25, -0.2) is 4.98 Å². The predicted octanol–water partition coefficient (Wildman–Crippen LogP) is 2.24. The minimum atomic E-state index is -0.679. The molecule has 10 heteroatoms. The maximum absolute atomic E-state index is 12.0. The normalized spacial score (nSPS) is 10.1. The number of nitro groups is 1. The summed E-state index contributed by atoms with van der Waals surface area (Å²) in [4.78, 5) is 26.1. The molecule has 0 saturated heterocycles. The van der Waals surface area contributed by atoms with E-state index in [9.17, 15) is 14.9 Å². The Balaban J connectivity index is 2.37. The minimum absolute atomic E-state index is 0.0222. The molecule has 2 rings (SSSR count). The van der Waals surface area contributed by atoms with Crippen LogP contribution in [0.5, 0.6) is 0 Å². The number of hydrogen-bond acceptors (Lipinski definition) is 7. The Hall–Kier alpha value is -2.23. The fourth-order valence-corrected chi connectivity index (χ4v) is 2.26. The van der Waals surface area contributed by atoms with E-state index < -0.39 is 10.8 Å². The van der Waals surface area contributed by atoms with Crippen LogP contribution in [0.15, 0.2) is 23.7 Å². The summed E-state index contributed by atoms with van der Waals surface area (Å²) in [5, 5.41) is 15.5. The second-order valence-corrected chi connectivity index (χ2v) is 4.85. The summed E-state index contributed by atoms with van der Waals surface area (Å²) in [5.41, 5.74) is 1.74. The number of thiazole rings is 1. The molecule has 0 aliphatic carbocycles. The Morgan fingerprint density at radius 3 is 2.80 bits per heavy atom. The molecule has 4 N–H and O–H groups in total. The molecule has 0 aliphatic rings. The van der Waals surface area contributed by atoms with Gasteiger partial charge in [-0.2, -0.15) is 0 Å². The van der Waals surface area contributed by atoms with Gasteiger partial charge in [0.05, 0.1) is 9.95 Å². The molecule has 0 unspecified atom stereocenters. The summed E-state index contributed by atoms with van der Waals surface area (Å²) >= 11 is 7.09. The van der Waals surface area contributed by atoms with Crippen molar-refractivity contribution in [2.75, 3.05) is 10.7 Å². The maximum atomic E-state index is 12.0. The van der Waals surface area contributed by atoms with Crippen LogP contribution in [0, 0.1) is 10.1 Å². The monoisotopic (exact) mass is 313 g/mol. The second-order valence-electron chi connectivity index (χ2n) is 3.55. The van der Waals surface area contributed by atoms with Crippen LogP contribution in [0.4, 0.5) is 16.5 Å². The number of nitrogen functional groups attached to an aromatic ring is 1. The molecule has 1 aromatic carbocycles. The summed E-state index contributed by atoms with van der Waals surface area (Å²) in [7, 11) is 0. The molecule has 1 amide bonds. The summed E-state index contributed by atoms with van der Waals surface area (Å²) < 4.78 is 0. The van der Waals surface area contributed by atoms with E-state index in [2.05, 4.69) is 15.7 Å². The molecule has 1 aromatic heterocycles. The average Bonchev–Trinajstić information content (AvgIpc) is 2.90. The Morgan fingerprint density at radius 1 is 1.50 bits per heavy atom. The first-order valence-corrected chi connectivity index (χ1v) is 6.44. The zero-order valence-corrected chi connectivity index (χ0v) is 11.4. The lowest BCUT2D eigenvalue weighted by Gasteiger charge is -2.07. The van der Waals surface area contributed by atoms with Gasteiger partial charge in [-0.05, 0) is 6.07 Å². The lowest BCUT2D eigenvalue weighted by Crippen LogP contribution is -2.14. The van der Waals surface area contributed by atoms with Crippen LogP contribution in [-0.2, 0) is 0 Å². The van der Waals surface area contributed by atoms with Gasteiger partial charge in [0.25, 0.3) is 11.6 Å². The van der Waals surface area contributed by atoms with Gasteiger partial charge in [-0.3, -0.25) is 26.1 Å². The number of nitrogens with one attached hydrogen (secondary N) is 2. The van der Waals surface area contributed by atoms with E-state index in [1.165, 1.54) is 23.6 Å². The van der Waals surface area contributed by atoms with Crippen molar-refractivity contribution in [1.82, 2.24) is 4.98 Å². The lowest BCUT2D eigenvalue weighted by atomic mass is 10.1. The highest BCUT2D eigenvalue weighted by atomic mass is 35.5. The quantitative estimate of drug-likeness (QED) is 0.452. The third-order valence-electron chi connectivity index (χ3n) is 2.33. The first-order chi connectivity index (χ1) is 9.52. The number of hydrazine groups is 1. The van der Waals surface area contributed by atoms with Gasteiger partial charge in [0.15, 0.2) is 5.13 Å². The van der Waals surface area contributed by atoms with Crippen molar-refractivity contribution < 1.29 is 9.72 Å². The standard InChI is InChI=1S/C10H8ClN5O3S/c11-6-3-5(4-7(16(18)19)8(6)15-12)9(17)14-10-13-1-2-20-10/h1-4,15H,12H2,(H,13,14,17). The topological polar surface area (TPSA) is 123 Å². The van der Waals surface area contributed by atoms with Gasteiger partial charge in [0.1, 0.15) is 5.69 Å². The van der Waals surface area contributed by atoms with Gasteiger partial charge >= 0.3 is 0 Å². The molecule has 20 heavy (non-hydrogen) atoms. The van der Waals surface area contributed by atoms with E-state index in [4.69, 9.17) is 17.4 Å². The number of hydrogen-bond donors (Lipinski definition) is 3. The molecule has 8 nitrogen and oxygen atoms in total. The number of nitro benzene ring substituents is 1. The number of halogens is 1. The van der Waals surface area contributed by atoms with E-state index in [1.54, 1.807) is 5.38 Å². The Morgan fingerprint density at radius 2 is 2.25 bits per heavy atom. The minimum Gasteiger partial charge on any atom is -0.317 e. The van der Waals surface area contributed by atoms with Crippen molar-refractivity contribution >= 4 is 45.4 Å². The Bertz CT molecular complexity index is 661. The molecule has 0 aliphatic heterocycles. The van der Waals surface area contributed by atoms with Crippen LogP contribution < -0.4 is 16.6 Å². The number of rotatable bonds is 4. The van der Waals surface area contributed by atoms with E-state index in [-0.39, 0.29) is 22.0 Å². The summed E-state index contributed by atoms with van der Waals surface area (Å²) in [5.74, 6) is 4.63. The molecule has 0 saturated carbocycles. The van der Waals surface area contributed by atoms with Crippen LogP contribution in [0.3, 0.4) is 0 Å².